The summed E-state index contributed by atoms with van der Waals surface area (Å²) < 4.78 is 5.40. The molecule has 1 aromatic carbocycles. The molecule has 2 heterocycles. The number of aromatic nitrogens is 2. The molecule has 98 valence electrons. The summed E-state index contributed by atoms with van der Waals surface area (Å²) in [5.41, 5.74) is 5.38. The van der Waals surface area contributed by atoms with E-state index in [1.165, 1.54) is 11.1 Å². The van der Waals surface area contributed by atoms with E-state index in [2.05, 4.69) is 42.0 Å². The van der Waals surface area contributed by atoms with E-state index < -0.39 is 0 Å². The molecule has 0 unspecified atom stereocenters. The van der Waals surface area contributed by atoms with Gasteiger partial charge in [0.25, 0.3) is 0 Å². The SMILES string of the molecule is Cc1cc(C)cc(-c2nc(Cl)c3c(n2)CCOC3)c1. The molecule has 3 nitrogen and oxygen atoms in total. The van der Waals surface area contributed by atoms with Gasteiger partial charge in [-0.15, -0.1) is 0 Å². The highest BCUT2D eigenvalue weighted by atomic mass is 35.5. The summed E-state index contributed by atoms with van der Waals surface area (Å²) in [7, 11) is 0. The number of hydrogen-bond donors (Lipinski definition) is 0. The monoisotopic (exact) mass is 274 g/mol. The molecular formula is C15H15ClN2O. The van der Waals surface area contributed by atoms with Gasteiger partial charge in [0.15, 0.2) is 5.82 Å². The normalized spacial score (nSPS) is 14.3. The van der Waals surface area contributed by atoms with Crippen LogP contribution < -0.4 is 0 Å². The van der Waals surface area contributed by atoms with E-state index >= 15 is 0 Å². The third-order valence-corrected chi connectivity index (χ3v) is 3.56. The average molecular weight is 275 g/mol. The first-order valence-electron chi connectivity index (χ1n) is 6.35. The minimum atomic E-state index is 0.513. The van der Waals surface area contributed by atoms with Gasteiger partial charge in [-0.3, -0.25) is 0 Å². The zero-order valence-electron chi connectivity index (χ0n) is 11.0. The third-order valence-electron chi connectivity index (χ3n) is 3.25. The number of benzene rings is 1. The first-order valence-corrected chi connectivity index (χ1v) is 6.73. The van der Waals surface area contributed by atoms with Crippen LogP contribution in [0.1, 0.15) is 22.4 Å². The van der Waals surface area contributed by atoms with Crippen LogP contribution in [0.25, 0.3) is 11.4 Å². The van der Waals surface area contributed by atoms with Crippen molar-refractivity contribution in [1.82, 2.24) is 9.97 Å². The molecule has 0 N–H and O–H groups in total. The number of nitrogens with zero attached hydrogens (tertiary/aromatic N) is 2. The minimum Gasteiger partial charge on any atom is -0.376 e. The van der Waals surface area contributed by atoms with Gasteiger partial charge in [0.1, 0.15) is 5.15 Å². The van der Waals surface area contributed by atoms with Crippen LogP contribution in [0.3, 0.4) is 0 Å². The third kappa shape index (κ3) is 2.48. The standard InChI is InChI=1S/C15H15ClN2O/c1-9-5-10(2)7-11(6-9)15-17-13-3-4-19-8-12(13)14(16)18-15/h5-7H,3-4,8H2,1-2H3. The van der Waals surface area contributed by atoms with Gasteiger partial charge in [-0.05, 0) is 26.0 Å². The van der Waals surface area contributed by atoms with Crippen molar-refractivity contribution < 1.29 is 4.74 Å². The predicted molar refractivity (Wildman–Crippen MR) is 75.3 cm³/mol. The predicted octanol–water partition coefficient (Wildman–Crippen LogP) is 3.49. The highest BCUT2D eigenvalue weighted by Gasteiger charge is 2.17. The molecule has 19 heavy (non-hydrogen) atoms. The van der Waals surface area contributed by atoms with Gasteiger partial charge in [-0.2, -0.15) is 0 Å². The summed E-state index contributed by atoms with van der Waals surface area (Å²) in [6.07, 6.45) is 0.801. The molecule has 0 atom stereocenters. The van der Waals surface area contributed by atoms with Crippen LogP contribution in [-0.2, 0) is 17.8 Å². The van der Waals surface area contributed by atoms with Crippen LogP contribution in [-0.4, -0.2) is 16.6 Å². The lowest BCUT2D eigenvalue weighted by Crippen LogP contribution is -2.14. The van der Waals surface area contributed by atoms with Crippen LogP contribution in [0.4, 0.5) is 0 Å². The smallest absolute Gasteiger partial charge is 0.161 e. The number of fused-ring (bicyclic) bond motifs is 1. The lowest BCUT2D eigenvalue weighted by Gasteiger charge is -2.17. The van der Waals surface area contributed by atoms with Crippen LogP contribution >= 0.6 is 11.6 Å². The molecule has 0 spiro atoms. The summed E-state index contributed by atoms with van der Waals surface area (Å²) in [6, 6.07) is 6.31. The van der Waals surface area contributed by atoms with Crippen molar-refractivity contribution in [2.24, 2.45) is 0 Å². The van der Waals surface area contributed by atoms with Gasteiger partial charge in [-0.1, -0.05) is 28.8 Å². The molecule has 4 heteroatoms. The van der Waals surface area contributed by atoms with E-state index in [-0.39, 0.29) is 0 Å². The second-order valence-corrected chi connectivity index (χ2v) is 5.30. The van der Waals surface area contributed by atoms with Gasteiger partial charge in [0.2, 0.25) is 0 Å². The second-order valence-electron chi connectivity index (χ2n) is 4.94. The van der Waals surface area contributed by atoms with Crippen molar-refractivity contribution >= 4 is 11.6 Å². The van der Waals surface area contributed by atoms with E-state index in [4.69, 9.17) is 16.3 Å². The summed E-state index contributed by atoms with van der Waals surface area (Å²) in [4.78, 5) is 9.06. The van der Waals surface area contributed by atoms with Gasteiger partial charge in [-0.25, -0.2) is 9.97 Å². The van der Waals surface area contributed by atoms with Gasteiger partial charge >= 0.3 is 0 Å². The molecule has 1 aromatic heterocycles. The van der Waals surface area contributed by atoms with Crippen molar-refractivity contribution in [3.63, 3.8) is 0 Å². The van der Waals surface area contributed by atoms with Gasteiger partial charge < -0.3 is 4.74 Å². The number of halogens is 1. The van der Waals surface area contributed by atoms with Gasteiger partial charge in [0.05, 0.1) is 18.9 Å². The second kappa shape index (κ2) is 4.91. The molecule has 1 aliphatic rings. The fourth-order valence-corrected chi connectivity index (χ4v) is 2.67. The molecule has 3 rings (SSSR count). The Balaban J connectivity index is 2.12. The number of aryl methyl sites for hydroxylation is 2. The molecule has 0 saturated heterocycles. The molecule has 0 amide bonds. The topological polar surface area (TPSA) is 35.0 Å². The molecule has 0 saturated carbocycles. The highest BCUT2D eigenvalue weighted by molar-refractivity contribution is 6.30. The molecular weight excluding hydrogens is 260 g/mol. The Kier molecular flexibility index (Phi) is 3.25. The van der Waals surface area contributed by atoms with Crippen molar-refractivity contribution in [1.29, 1.82) is 0 Å². The Hall–Kier alpha value is -1.45. The zero-order valence-corrected chi connectivity index (χ0v) is 11.8. The molecule has 0 fully saturated rings. The average Bonchev–Trinajstić information content (AvgIpc) is 2.37. The first-order chi connectivity index (χ1) is 9.13. The summed E-state index contributed by atoms with van der Waals surface area (Å²) >= 11 is 6.25. The summed E-state index contributed by atoms with van der Waals surface area (Å²) in [5, 5.41) is 0.513. The number of rotatable bonds is 1. The van der Waals surface area contributed by atoms with Crippen LogP contribution in [0.5, 0.6) is 0 Å². The Morgan fingerprint density at radius 2 is 1.84 bits per heavy atom. The molecule has 1 aliphatic heterocycles. The summed E-state index contributed by atoms with van der Waals surface area (Å²) in [6.45, 7) is 5.36. The lowest BCUT2D eigenvalue weighted by molar-refractivity contribution is 0.109. The van der Waals surface area contributed by atoms with Crippen molar-refractivity contribution in [2.45, 2.75) is 26.9 Å². The lowest BCUT2D eigenvalue weighted by atomic mass is 10.1. The first kappa shape index (κ1) is 12.6. The van der Waals surface area contributed by atoms with Crippen molar-refractivity contribution in [3.8, 4) is 11.4 Å². The van der Waals surface area contributed by atoms with Crippen molar-refractivity contribution in [3.05, 3.63) is 45.7 Å². The molecule has 0 bridgehead atoms. The maximum atomic E-state index is 6.25. The fourth-order valence-electron chi connectivity index (χ4n) is 2.43. The Morgan fingerprint density at radius 1 is 1.11 bits per heavy atom. The van der Waals surface area contributed by atoms with Gasteiger partial charge in [0, 0.05) is 17.5 Å². The van der Waals surface area contributed by atoms with Crippen LogP contribution in [0.15, 0.2) is 18.2 Å². The Morgan fingerprint density at radius 3 is 2.58 bits per heavy atom. The Bertz CT molecular complexity index is 620. The minimum absolute atomic E-state index is 0.513. The molecule has 2 aromatic rings. The summed E-state index contributed by atoms with van der Waals surface area (Å²) in [5.74, 6) is 0.706. The quantitative estimate of drug-likeness (QED) is 0.747. The zero-order chi connectivity index (χ0) is 13.4. The largest absolute Gasteiger partial charge is 0.376 e. The van der Waals surface area contributed by atoms with Crippen LogP contribution in [0, 0.1) is 13.8 Å². The van der Waals surface area contributed by atoms with E-state index in [9.17, 15) is 0 Å². The van der Waals surface area contributed by atoms with E-state index in [0.717, 1.165) is 23.2 Å². The highest BCUT2D eigenvalue weighted by Crippen LogP contribution is 2.26. The van der Waals surface area contributed by atoms with Crippen molar-refractivity contribution in [2.75, 3.05) is 6.61 Å². The maximum absolute atomic E-state index is 6.25. The Labute approximate surface area is 117 Å². The van der Waals surface area contributed by atoms with E-state index in [1.54, 1.807) is 0 Å². The molecule has 0 aliphatic carbocycles. The van der Waals surface area contributed by atoms with E-state index in [0.29, 0.717) is 24.2 Å². The number of ether oxygens (including phenoxy) is 1. The fraction of sp³-hybridized carbons (Fsp3) is 0.333. The number of hydrogen-bond acceptors (Lipinski definition) is 3. The van der Waals surface area contributed by atoms with E-state index in [1.807, 2.05) is 0 Å². The van der Waals surface area contributed by atoms with Crippen LogP contribution in [0.2, 0.25) is 5.15 Å². The maximum Gasteiger partial charge on any atom is 0.161 e. The molecule has 0 radical (unpaired) electrons.